The summed E-state index contributed by atoms with van der Waals surface area (Å²) in [6, 6.07) is 14.0. The van der Waals surface area contributed by atoms with Crippen LogP contribution in [0.15, 0.2) is 47.0 Å². The van der Waals surface area contributed by atoms with Crippen LogP contribution in [0, 0.1) is 13.8 Å². The molecule has 2 N–H and O–H groups in total. The molecule has 1 atom stereocenters. The summed E-state index contributed by atoms with van der Waals surface area (Å²) in [5.74, 6) is 2.22. The minimum atomic E-state index is -0.452. The molecule has 5 rings (SSSR count). The highest BCUT2D eigenvalue weighted by Crippen LogP contribution is 2.32. The molecule has 1 saturated heterocycles. The van der Waals surface area contributed by atoms with Gasteiger partial charge in [-0.2, -0.15) is 4.98 Å². The largest absolute Gasteiger partial charge is 0.379 e. The highest BCUT2D eigenvalue weighted by Gasteiger charge is 2.23. The van der Waals surface area contributed by atoms with Gasteiger partial charge in [0, 0.05) is 48.7 Å². The van der Waals surface area contributed by atoms with Gasteiger partial charge in [-0.1, -0.05) is 35.0 Å². The number of piperazine rings is 1. The Morgan fingerprint density at radius 1 is 1.09 bits per heavy atom. The van der Waals surface area contributed by atoms with Gasteiger partial charge in [-0.25, -0.2) is 4.98 Å². The second-order valence-corrected chi connectivity index (χ2v) is 9.38. The van der Waals surface area contributed by atoms with Crippen molar-refractivity contribution in [3.8, 4) is 11.1 Å². The van der Waals surface area contributed by atoms with E-state index in [1.54, 1.807) is 6.92 Å². The molecule has 182 valence electrons. The van der Waals surface area contributed by atoms with Crippen molar-refractivity contribution >= 4 is 34.3 Å². The van der Waals surface area contributed by atoms with Gasteiger partial charge in [0.25, 0.3) is 0 Å². The first kappa shape index (κ1) is 23.5. The number of aliphatic hydroxyl groups is 1. The number of aryl methyl sites for hydroxylation is 2. The van der Waals surface area contributed by atoms with Crippen molar-refractivity contribution in [2.75, 3.05) is 36.4 Å². The van der Waals surface area contributed by atoms with Crippen LogP contribution in [0.3, 0.4) is 0 Å². The number of fused-ring (bicyclic) bond motifs is 1. The highest BCUT2D eigenvalue weighted by atomic mass is 35.5. The topological polar surface area (TPSA) is 90.6 Å². The summed E-state index contributed by atoms with van der Waals surface area (Å²) in [5, 5.41) is 19.2. The zero-order chi connectivity index (χ0) is 24.5. The Hall–Kier alpha value is -3.20. The first-order chi connectivity index (χ1) is 16.9. The number of aromatic nitrogens is 3. The molecule has 35 heavy (non-hydrogen) atoms. The number of hydrogen-bond donors (Lipinski definition) is 2. The van der Waals surface area contributed by atoms with Gasteiger partial charge in [0.2, 0.25) is 5.95 Å². The van der Waals surface area contributed by atoms with E-state index in [2.05, 4.69) is 27.5 Å². The van der Waals surface area contributed by atoms with Crippen LogP contribution in [0.4, 0.5) is 11.8 Å². The van der Waals surface area contributed by atoms with E-state index in [4.69, 9.17) is 26.1 Å². The Morgan fingerprint density at radius 3 is 2.57 bits per heavy atom. The Morgan fingerprint density at radius 2 is 1.89 bits per heavy atom. The van der Waals surface area contributed by atoms with Crippen molar-refractivity contribution in [3.63, 3.8) is 0 Å². The first-order valence-corrected chi connectivity index (χ1v) is 12.2. The number of aliphatic hydroxyl groups excluding tert-OH is 1. The van der Waals surface area contributed by atoms with Crippen LogP contribution in [0.2, 0.25) is 5.02 Å². The molecule has 0 saturated carbocycles. The van der Waals surface area contributed by atoms with Crippen molar-refractivity contribution in [1.29, 1.82) is 0 Å². The van der Waals surface area contributed by atoms with E-state index in [0.717, 1.165) is 71.0 Å². The van der Waals surface area contributed by atoms with E-state index >= 15 is 0 Å². The van der Waals surface area contributed by atoms with Gasteiger partial charge >= 0.3 is 0 Å². The summed E-state index contributed by atoms with van der Waals surface area (Å²) in [6.45, 7) is 9.27. The zero-order valence-corrected chi connectivity index (χ0v) is 20.9. The Balaban J connectivity index is 1.53. The molecule has 2 aromatic carbocycles. The standard InChI is InChI=1S/C26H29ClN6O2/c1-16-24(17(2)35-31-16)20-7-8-23-22(14-20)25(28-15-19-5-4-6-21(27)13-19)30-26(29-23)33-11-9-32(10-12-33)18(3)34/h4-8,13-14,18,34H,9-12,15H2,1-3H3,(H,28,29,30). The second kappa shape index (κ2) is 9.81. The predicted octanol–water partition coefficient (Wildman–Crippen LogP) is 4.63. The van der Waals surface area contributed by atoms with Crippen molar-refractivity contribution in [1.82, 2.24) is 20.0 Å². The molecule has 1 fully saturated rings. The molecule has 8 nitrogen and oxygen atoms in total. The molecule has 1 unspecified atom stereocenters. The van der Waals surface area contributed by atoms with Crippen LogP contribution < -0.4 is 10.2 Å². The second-order valence-electron chi connectivity index (χ2n) is 8.94. The maximum atomic E-state index is 9.91. The smallest absolute Gasteiger partial charge is 0.227 e. The molecule has 0 spiro atoms. The van der Waals surface area contributed by atoms with Crippen LogP contribution >= 0.6 is 11.6 Å². The highest BCUT2D eigenvalue weighted by molar-refractivity contribution is 6.30. The Bertz CT molecular complexity index is 1330. The van der Waals surface area contributed by atoms with Gasteiger partial charge in [0.15, 0.2) is 0 Å². The fraction of sp³-hybridized carbons (Fsp3) is 0.346. The molecular weight excluding hydrogens is 464 g/mol. The molecule has 0 amide bonds. The molecule has 4 aromatic rings. The molecule has 9 heteroatoms. The van der Waals surface area contributed by atoms with E-state index in [1.165, 1.54) is 0 Å². The van der Waals surface area contributed by atoms with E-state index in [1.807, 2.05) is 49.1 Å². The average molecular weight is 493 g/mol. The molecule has 2 aromatic heterocycles. The van der Waals surface area contributed by atoms with Gasteiger partial charge in [0.05, 0.1) is 11.2 Å². The molecule has 3 heterocycles. The van der Waals surface area contributed by atoms with Crippen LogP contribution in [-0.2, 0) is 6.54 Å². The minimum Gasteiger partial charge on any atom is -0.379 e. The summed E-state index contributed by atoms with van der Waals surface area (Å²) in [6.07, 6.45) is -0.452. The van der Waals surface area contributed by atoms with E-state index in [-0.39, 0.29) is 0 Å². The molecular formula is C26H29ClN6O2. The van der Waals surface area contributed by atoms with Gasteiger partial charge in [0.1, 0.15) is 17.8 Å². The maximum absolute atomic E-state index is 9.91. The molecule has 1 aliphatic heterocycles. The lowest BCUT2D eigenvalue weighted by Crippen LogP contribution is -2.50. The fourth-order valence-corrected chi connectivity index (χ4v) is 4.78. The summed E-state index contributed by atoms with van der Waals surface area (Å²) < 4.78 is 5.39. The number of rotatable bonds is 6. The van der Waals surface area contributed by atoms with Gasteiger partial charge in [-0.05, 0) is 56.2 Å². The number of nitrogens with one attached hydrogen (secondary N) is 1. The normalized spacial score (nSPS) is 15.5. The predicted molar refractivity (Wildman–Crippen MR) is 139 cm³/mol. The fourth-order valence-electron chi connectivity index (χ4n) is 4.57. The third-order valence-electron chi connectivity index (χ3n) is 6.48. The summed E-state index contributed by atoms with van der Waals surface area (Å²) in [7, 11) is 0. The third kappa shape index (κ3) is 4.96. The number of halogens is 1. The summed E-state index contributed by atoms with van der Waals surface area (Å²) in [5.41, 5.74) is 4.78. The lowest BCUT2D eigenvalue weighted by molar-refractivity contribution is 0.0151. The molecule has 0 radical (unpaired) electrons. The van der Waals surface area contributed by atoms with E-state index in [0.29, 0.717) is 17.5 Å². The van der Waals surface area contributed by atoms with Crippen molar-refractivity contribution in [3.05, 3.63) is 64.5 Å². The van der Waals surface area contributed by atoms with E-state index in [9.17, 15) is 5.11 Å². The maximum Gasteiger partial charge on any atom is 0.227 e. The number of anilines is 2. The monoisotopic (exact) mass is 492 g/mol. The van der Waals surface area contributed by atoms with Crippen LogP contribution in [0.5, 0.6) is 0 Å². The number of benzene rings is 2. The molecule has 0 bridgehead atoms. The third-order valence-corrected chi connectivity index (χ3v) is 6.72. The lowest BCUT2D eigenvalue weighted by atomic mass is 10.0. The van der Waals surface area contributed by atoms with Crippen LogP contribution in [-0.4, -0.2) is 57.5 Å². The SMILES string of the molecule is Cc1noc(C)c1-c1ccc2nc(N3CCN(C(C)O)CC3)nc(NCc3cccc(Cl)c3)c2c1. The summed E-state index contributed by atoms with van der Waals surface area (Å²) >= 11 is 6.19. The average Bonchev–Trinajstić information content (AvgIpc) is 3.20. The summed E-state index contributed by atoms with van der Waals surface area (Å²) in [4.78, 5) is 14.1. The van der Waals surface area contributed by atoms with Crippen LogP contribution in [0.25, 0.3) is 22.0 Å². The lowest BCUT2D eigenvalue weighted by Gasteiger charge is -2.36. The number of nitrogens with zero attached hydrogens (tertiary/aromatic N) is 5. The van der Waals surface area contributed by atoms with Gasteiger partial charge in [-0.3, -0.25) is 4.90 Å². The number of hydrogen-bond acceptors (Lipinski definition) is 8. The van der Waals surface area contributed by atoms with Gasteiger partial charge in [-0.15, -0.1) is 0 Å². The van der Waals surface area contributed by atoms with E-state index < -0.39 is 6.23 Å². The zero-order valence-electron chi connectivity index (χ0n) is 20.1. The molecule has 0 aliphatic carbocycles. The van der Waals surface area contributed by atoms with Crippen molar-refractivity contribution in [2.45, 2.75) is 33.5 Å². The quantitative estimate of drug-likeness (QED) is 0.402. The Labute approximate surface area is 209 Å². The van der Waals surface area contributed by atoms with Crippen LogP contribution in [0.1, 0.15) is 23.9 Å². The minimum absolute atomic E-state index is 0.452. The molecule has 1 aliphatic rings. The Kier molecular flexibility index (Phi) is 6.60. The van der Waals surface area contributed by atoms with Gasteiger partial charge < -0.3 is 19.8 Å². The first-order valence-electron chi connectivity index (χ1n) is 11.8. The van der Waals surface area contributed by atoms with Crippen molar-refractivity contribution < 1.29 is 9.63 Å². The van der Waals surface area contributed by atoms with Crippen molar-refractivity contribution in [2.24, 2.45) is 0 Å².